The maximum atomic E-state index is 12.5. The summed E-state index contributed by atoms with van der Waals surface area (Å²) < 4.78 is 0. The van der Waals surface area contributed by atoms with Crippen molar-refractivity contribution in [2.45, 2.75) is 64.0 Å². The van der Waals surface area contributed by atoms with Gasteiger partial charge in [0.2, 0.25) is 17.7 Å². The predicted molar refractivity (Wildman–Crippen MR) is 113 cm³/mol. The first-order valence-electron chi connectivity index (χ1n) is 10.7. The lowest BCUT2D eigenvalue weighted by Crippen LogP contribution is -2.50. The van der Waals surface area contributed by atoms with Crippen LogP contribution >= 0.6 is 0 Å². The van der Waals surface area contributed by atoms with Crippen molar-refractivity contribution in [3.63, 3.8) is 0 Å². The van der Waals surface area contributed by atoms with E-state index in [4.69, 9.17) is 0 Å². The summed E-state index contributed by atoms with van der Waals surface area (Å²) >= 11 is 0. The number of carbonyl (C=O) groups is 4. The number of hydrogen-bond donors (Lipinski definition) is 4. The van der Waals surface area contributed by atoms with Gasteiger partial charge in [0, 0.05) is 19.4 Å². The number of nitrogens with zero attached hydrogens (tertiary/aromatic N) is 1. The van der Waals surface area contributed by atoms with E-state index in [9.17, 15) is 29.4 Å². The van der Waals surface area contributed by atoms with Gasteiger partial charge in [-0.15, -0.1) is 0 Å². The first-order valence-corrected chi connectivity index (χ1v) is 10.7. The fourth-order valence-electron chi connectivity index (χ4n) is 3.61. The van der Waals surface area contributed by atoms with Gasteiger partial charge in [-0.2, -0.15) is 0 Å². The van der Waals surface area contributed by atoms with Crippen molar-refractivity contribution in [1.29, 1.82) is 0 Å². The number of phenols is 1. The van der Waals surface area contributed by atoms with E-state index in [0.717, 1.165) is 25.7 Å². The lowest BCUT2D eigenvalue weighted by molar-refractivity contribution is -0.142. The third kappa shape index (κ3) is 7.58. The summed E-state index contributed by atoms with van der Waals surface area (Å²) in [7, 11) is 0. The van der Waals surface area contributed by atoms with Crippen LogP contribution in [0, 0.1) is 0 Å². The molecule has 9 heteroatoms. The van der Waals surface area contributed by atoms with Gasteiger partial charge in [-0.3, -0.25) is 14.4 Å². The second-order valence-corrected chi connectivity index (χ2v) is 7.75. The highest BCUT2D eigenvalue weighted by Gasteiger charge is 2.33. The van der Waals surface area contributed by atoms with Crippen LogP contribution in [-0.4, -0.2) is 64.0 Å². The normalized spacial score (nSPS) is 16.5. The number of carboxylic acids is 1. The fraction of sp³-hybridized carbons (Fsp3) is 0.545. The van der Waals surface area contributed by atoms with Gasteiger partial charge >= 0.3 is 5.97 Å². The molecule has 2 rings (SSSR count). The maximum Gasteiger partial charge on any atom is 0.326 e. The molecular weight excluding hydrogens is 402 g/mol. The third-order valence-electron chi connectivity index (χ3n) is 5.30. The summed E-state index contributed by atoms with van der Waals surface area (Å²) in [5.74, 6) is -2.21. The van der Waals surface area contributed by atoms with Crippen molar-refractivity contribution in [2.24, 2.45) is 0 Å². The number of benzene rings is 1. The number of aromatic hydroxyl groups is 1. The monoisotopic (exact) mass is 433 g/mol. The molecule has 9 nitrogen and oxygen atoms in total. The van der Waals surface area contributed by atoms with E-state index in [1.54, 1.807) is 17.0 Å². The lowest BCUT2D eigenvalue weighted by Gasteiger charge is -2.24. The second kappa shape index (κ2) is 11.9. The van der Waals surface area contributed by atoms with E-state index in [-0.39, 0.29) is 24.6 Å². The van der Waals surface area contributed by atoms with E-state index in [1.165, 1.54) is 12.1 Å². The number of amides is 3. The first-order chi connectivity index (χ1) is 14.8. The molecule has 31 heavy (non-hydrogen) atoms. The zero-order chi connectivity index (χ0) is 22.8. The van der Waals surface area contributed by atoms with Crippen molar-refractivity contribution in [3.05, 3.63) is 29.8 Å². The van der Waals surface area contributed by atoms with Gasteiger partial charge in [-0.1, -0.05) is 31.9 Å². The minimum absolute atomic E-state index is 0.0396. The van der Waals surface area contributed by atoms with Crippen molar-refractivity contribution in [3.8, 4) is 5.75 Å². The Morgan fingerprint density at radius 2 is 1.87 bits per heavy atom. The molecule has 170 valence electrons. The Kier molecular flexibility index (Phi) is 9.30. The topological polar surface area (TPSA) is 136 Å². The van der Waals surface area contributed by atoms with E-state index in [2.05, 4.69) is 17.6 Å². The Morgan fingerprint density at radius 3 is 2.52 bits per heavy atom. The van der Waals surface area contributed by atoms with Crippen LogP contribution < -0.4 is 10.6 Å². The summed E-state index contributed by atoms with van der Waals surface area (Å²) in [4.78, 5) is 50.1. The Hall–Kier alpha value is -3.10. The highest BCUT2D eigenvalue weighted by atomic mass is 16.4. The second-order valence-electron chi connectivity index (χ2n) is 7.75. The molecule has 2 atom stereocenters. The van der Waals surface area contributed by atoms with Crippen LogP contribution in [0.25, 0.3) is 0 Å². The lowest BCUT2D eigenvalue weighted by atomic mass is 10.1. The molecule has 0 saturated carbocycles. The summed E-state index contributed by atoms with van der Waals surface area (Å²) in [6, 6.07) is 4.27. The number of likely N-dealkylation sites (tertiary alicyclic amines) is 1. The van der Waals surface area contributed by atoms with Crippen LogP contribution in [0.2, 0.25) is 0 Å². The maximum absolute atomic E-state index is 12.5. The zero-order valence-corrected chi connectivity index (χ0v) is 17.8. The van der Waals surface area contributed by atoms with Gasteiger partial charge in [-0.05, 0) is 37.0 Å². The van der Waals surface area contributed by atoms with Crippen molar-refractivity contribution in [1.82, 2.24) is 15.5 Å². The van der Waals surface area contributed by atoms with Crippen molar-refractivity contribution in [2.75, 3.05) is 13.1 Å². The predicted octanol–water partition coefficient (Wildman–Crippen LogP) is 1.19. The number of unbranched alkanes of at least 4 members (excludes halogenated alkanes) is 2. The van der Waals surface area contributed by atoms with Gasteiger partial charge in [0.05, 0.1) is 6.54 Å². The first kappa shape index (κ1) is 24.2. The molecule has 0 unspecified atom stereocenters. The molecule has 1 aromatic rings. The molecule has 1 fully saturated rings. The Bertz CT molecular complexity index is 780. The van der Waals surface area contributed by atoms with E-state index in [0.29, 0.717) is 24.9 Å². The summed E-state index contributed by atoms with van der Waals surface area (Å²) in [6.45, 7) is 2.22. The fourth-order valence-corrected chi connectivity index (χ4v) is 3.61. The van der Waals surface area contributed by atoms with E-state index in [1.807, 2.05) is 0 Å². The number of carbonyl (C=O) groups excluding carboxylic acids is 3. The number of aliphatic carboxylic acids is 1. The molecule has 1 aromatic carbocycles. The number of carboxylic acid groups (broad SMARTS) is 1. The smallest absolute Gasteiger partial charge is 0.326 e. The summed E-state index contributed by atoms with van der Waals surface area (Å²) in [5.41, 5.74) is 0.637. The molecule has 1 heterocycles. The average Bonchev–Trinajstić information content (AvgIpc) is 3.23. The molecular formula is C22H31N3O6. The minimum atomic E-state index is -1.20. The molecule has 0 spiro atoms. The summed E-state index contributed by atoms with van der Waals surface area (Å²) in [5, 5.41) is 23.6. The number of nitrogens with one attached hydrogen (secondary N) is 2. The van der Waals surface area contributed by atoms with Gasteiger partial charge in [-0.25, -0.2) is 4.79 Å². The van der Waals surface area contributed by atoms with Crippen LogP contribution in [0.3, 0.4) is 0 Å². The van der Waals surface area contributed by atoms with Gasteiger partial charge in [0.15, 0.2) is 0 Å². The average molecular weight is 434 g/mol. The van der Waals surface area contributed by atoms with Crippen LogP contribution in [0.15, 0.2) is 24.3 Å². The highest BCUT2D eigenvalue weighted by Crippen LogP contribution is 2.19. The molecule has 3 amide bonds. The quantitative estimate of drug-likeness (QED) is 0.387. The van der Waals surface area contributed by atoms with Crippen molar-refractivity contribution >= 4 is 23.7 Å². The molecule has 0 aromatic heterocycles. The summed E-state index contributed by atoms with van der Waals surface area (Å²) in [6.07, 6.45) is 4.50. The van der Waals surface area contributed by atoms with Crippen LogP contribution in [0.4, 0.5) is 0 Å². The Labute approximate surface area is 181 Å². The number of rotatable bonds is 11. The van der Waals surface area contributed by atoms with E-state index >= 15 is 0 Å². The number of hydrogen-bond acceptors (Lipinski definition) is 5. The highest BCUT2D eigenvalue weighted by molar-refractivity contribution is 5.92. The molecule has 0 radical (unpaired) electrons. The largest absolute Gasteiger partial charge is 0.508 e. The molecule has 1 aliphatic rings. The molecule has 4 N–H and O–H groups in total. The molecule has 0 bridgehead atoms. The molecule has 0 aliphatic carbocycles. The molecule has 1 saturated heterocycles. The Balaban J connectivity index is 1.84. The van der Waals surface area contributed by atoms with Crippen LogP contribution in [0.5, 0.6) is 5.75 Å². The minimum Gasteiger partial charge on any atom is -0.508 e. The van der Waals surface area contributed by atoms with Gasteiger partial charge in [0.25, 0.3) is 0 Å². The Morgan fingerprint density at radius 1 is 1.16 bits per heavy atom. The van der Waals surface area contributed by atoms with E-state index < -0.39 is 29.9 Å². The zero-order valence-electron chi connectivity index (χ0n) is 17.8. The third-order valence-corrected chi connectivity index (χ3v) is 5.30. The van der Waals surface area contributed by atoms with Gasteiger partial charge < -0.3 is 25.7 Å². The van der Waals surface area contributed by atoms with Crippen LogP contribution in [-0.2, 0) is 25.6 Å². The number of phenolic OH excluding ortho intramolecular Hbond substituents is 1. The van der Waals surface area contributed by atoms with Crippen LogP contribution in [0.1, 0.15) is 51.0 Å². The standard InChI is InChI=1S/C22H31N3O6/c1-2-3-4-7-20(28)25-12-5-6-18(25)21(29)23-14-19(27)24-17(22(30)31)13-15-8-10-16(26)11-9-15/h8-11,17-18,26H,2-7,12-14H2,1H3,(H,23,29)(H,24,27)(H,30,31)/t17-,18-/m0/s1. The molecule has 1 aliphatic heterocycles. The SMILES string of the molecule is CCCCCC(=O)N1CCC[C@H]1C(=O)NCC(=O)N[C@@H](Cc1ccc(O)cc1)C(=O)O. The van der Waals surface area contributed by atoms with Crippen molar-refractivity contribution < 1.29 is 29.4 Å². The van der Waals surface area contributed by atoms with Gasteiger partial charge in [0.1, 0.15) is 17.8 Å².